The zero-order valence-electron chi connectivity index (χ0n) is 15.5. The Balaban J connectivity index is 1.52. The van der Waals surface area contributed by atoms with Gasteiger partial charge in [0.25, 0.3) is 5.91 Å². The molecule has 27 heavy (non-hydrogen) atoms. The zero-order valence-corrected chi connectivity index (χ0v) is 15.5. The molecule has 2 heterocycles. The molecular weight excluding hydrogens is 354 g/mol. The number of aromatic nitrogens is 2. The van der Waals surface area contributed by atoms with Gasteiger partial charge in [-0.15, -0.1) is 10.2 Å². The molecule has 0 radical (unpaired) electrons. The van der Waals surface area contributed by atoms with E-state index < -0.39 is 17.5 Å². The first-order chi connectivity index (χ1) is 12.9. The number of hydrogen-bond acceptors (Lipinski definition) is 5. The van der Waals surface area contributed by atoms with Crippen LogP contribution in [0.3, 0.4) is 0 Å². The van der Waals surface area contributed by atoms with E-state index in [-0.39, 0.29) is 17.4 Å². The third kappa shape index (κ3) is 4.88. The minimum absolute atomic E-state index is 0.193. The van der Waals surface area contributed by atoms with Crippen molar-refractivity contribution in [2.24, 2.45) is 5.92 Å². The van der Waals surface area contributed by atoms with Gasteiger partial charge in [-0.05, 0) is 37.4 Å². The van der Waals surface area contributed by atoms with Crippen molar-refractivity contribution < 1.29 is 18.0 Å². The fraction of sp³-hybridized carbons (Fsp3) is 0.526. The van der Waals surface area contributed by atoms with Gasteiger partial charge < -0.3 is 9.73 Å². The molecule has 0 spiro atoms. The molecule has 1 aliphatic heterocycles. The predicted octanol–water partition coefficient (Wildman–Crippen LogP) is 3.11. The number of hydrogen-bond donors (Lipinski definition) is 1. The molecule has 1 amide bonds. The van der Waals surface area contributed by atoms with Crippen molar-refractivity contribution in [1.29, 1.82) is 0 Å². The first kappa shape index (κ1) is 19.4. The summed E-state index contributed by atoms with van der Waals surface area (Å²) in [5.74, 6) is -1.09. The molecule has 1 aliphatic rings. The number of carbonyl (C=O) groups is 1. The Hall–Kier alpha value is -2.35. The first-order valence-corrected chi connectivity index (χ1v) is 9.21. The smallest absolute Gasteiger partial charge is 0.254 e. The van der Waals surface area contributed by atoms with Crippen molar-refractivity contribution in [3.8, 4) is 0 Å². The molecule has 146 valence electrons. The number of halogens is 2. The van der Waals surface area contributed by atoms with Crippen molar-refractivity contribution in [2.75, 3.05) is 19.6 Å². The quantitative estimate of drug-likeness (QED) is 0.836. The summed E-state index contributed by atoms with van der Waals surface area (Å²) in [5, 5.41) is 10.8. The minimum atomic E-state index is -1.11. The summed E-state index contributed by atoms with van der Waals surface area (Å²) >= 11 is 0. The van der Waals surface area contributed by atoms with Gasteiger partial charge in [0.1, 0.15) is 0 Å². The lowest BCUT2D eigenvalue weighted by atomic mass is 9.98. The Labute approximate surface area is 157 Å². The highest BCUT2D eigenvalue weighted by molar-refractivity contribution is 5.94. The number of likely N-dealkylation sites (tertiary alicyclic amines) is 1. The van der Waals surface area contributed by atoms with Gasteiger partial charge in [-0.25, -0.2) is 8.78 Å². The number of benzene rings is 1. The van der Waals surface area contributed by atoms with E-state index in [1.54, 1.807) is 0 Å². The van der Waals surface area contributed by atoms with Crippen LogP contribution in [-0.4, -0.2) is 40.6 Å². The van der Waals surface area contributed by atoms with Crippen molar-refractivity contribution in [2.45, 2.75) is 39.2 Å². The lowest BCUT2D eigenvalue weighted by Gasteiger charge is -2.31. The molecule has 2 aromatic rings. The highest BCUT2D eigenvalue weighted by atomic mass is 19.2. The van der Waals surface area contributed by atoms with Crippen LogP contribution in [0.1, 0.15) is 54.7 Å². The lowest BCUT2D eigenvalue weighted by Crippen LogP contribution is -2.40. The molecule has 1 aromatic carbocycles. The molecule has 1 unspecified atom stereocenters. The van der Waals surface area contributed by atoms with Crippen LogP contribution in [0.25, 0.3) is 0 Å². The molecule has 0 aliphatic carbocycles. The van der Waals surface area contributed by atoms with E-state index in [9.17, 15) is 13.6 Å². The van der Waals surface area contributed by atoms with E-state index in [0.717, 1.165) is 32.0 Å². The predicted molar refractivity (Wildman–Crippen MR) is 95.1 cm³/mol. The summed E-state index contributed by atoms with van der Waals surface area (Å²) in [6.07, 6.45) is 1.95. The van der Waals surface area contributed by atoms with Crippen LogP contribution in [0.15, 0.2) is 22.6 Å². The largest absolute Gasteiger partial charge is 0.424 e. The number of carbonyl (C=O) groups excluding carboxylic acids is 1. The summed E-state index contributed by atoms with van der Waals surface area (Å²) in [7, 11) is 0. The van der Waals surface area contributed by atoms with Crippen molar-refractivity contribution in [1.82, 2.24) is 20.4 Å². The monoisotopic (exact) mass is 378 g/mol. The zero-order chi connectivity index (χ0) is 19.4. The van der Waals surface area contributed by atoms with Gasteiger partial charge in [0.05, 0.1) is 12.1 Å². The minimum Gasteiger partial charge on any atom is -0.424 e. The molecule has 6 nitrogen and oxygen atoms in total. The van der Waals surface area contributed by atoms with Gasteiger partial charge in [0.15, 0.2) is 11.6 Å². The van der Waals surface area contributed by atoms with Crippen LogP contribution < -0.4 is 5.32 Å². The molecule has 1 saturated heterocycles. The van der Waals surface area contributed by atoms with Crippen LogP contribution in [0.2, 0.25) is 0 Å². The second-order valence-corrected chi connectivity index (χ2v) is 7.24. The van der Waals surface area contributed by atoms with E-state index in [1.165, 1.54) is 12.1 Å². The Bertz CT molecular complexity index is 794. The van der Waals surface area contributed by atoms with Crippen LogP contribution in [0.4, 0.5) is 8.78 Å². The highest BCUT2D eigenvalue weighted by Gasteiger charge is 2.23. The van der Waals surface area contributed by atoms with Crippen molar-refractivity contribution in [3.63, 3.8) is 0 Å². The van der Waals surface area contributed by atoms with Gasteiger partial charge in [-0.1, -0.05) is 19.9 Å². The standard InChI is InChI=1S/C19H24F2N4O2/c1-12(2)19-24-23-16(27-19)11-25-8-4-5-13(10-25)9-22-18(26)14-6-3-7-15(20)17(14)21/h3,6-7,12-13H,4-5,8-11H2,1-2H3,(H,22,26). The van der Waals surface area contributed by atoms with Crippen LogP contribution in [0.5, 0.6) is 0 Å². The second kappa shape index (κ2) is 8.56. The molecule has 8 heteroatoms. The third-order valence-corrected chi connectivity index (χ3v) is 4.69. The second-order valence-electron chi connectivity index (χ2n) is 7.24. The Kier molecular flexibility index (Phi) is 6.15. The summed E-state index contributed by atoms with van der Waals surface area (Å²) in [5.41, 5.74) is -0.269. The maximum absolute atomic E-state index is 13.7. The van der Waals surface area contributed by atoms with Gasteiger partial charge in [0, 0.05) is 19.0 Å². The Morgan fingerprint density at radius 3 is 2.93 bits per heavy atom. The van der Waals surface area contributed by atoms with E-state index in [4.69, 9.17) is 4.42 Å². The normalized spacial score (nSPS) is 18.0. The lowest BCUT2D eigenvalue weighted by molar-refractivity contribution is 0.0922. The van der Waals surface area contributed by atoms with Crippen LogP contribution in [-0.2, 0) is 6.54 Å². The van der Waals surface area contributed by atoms with Gasteiger partial charge >= 0.3 is 0 Å². The number of amides is 1. The number of rotatable bonds is 6. The summed E-state index contributed by atoms with van der Waals surface area (Å²) < 4.78 is 32.6. The maximum Gasteiger partial charge on any atom is 0.254 e. The SMILES string of the molecule is CC(C)c1nnc(CN2CCCC(CNC(=O)c3cccc(F)c3F)C2)o1. The molecule has 1 atom stereocenters. The molecule has 1 N–H and O–H groups in total. The number of piperidine rings is 1. The topological polar surface area (TPSA) is 71.3 Å². The Morgan fingerprint density at radius 2 is 2.19 bits per heavy atom. The van der Waals surface area contributed by atoms with Gasteiger partial charge in [-0.3, -0.25) is 9.69 Å². The van der Waals surface area contributed by atoms with E-state index in [0.29, 0.717) is 24.9 Å². The third-order valence-electron chi connectivity index (χ3n) is 4.69. The fourth-order valence-electron chi connectivity index (χ4n) is 3.23. The van der Waals surface area contributed by atoms with Crippen LogP contribution in [0, 0.1) is 17.6 Å². The highest BCUT2D eigenvalue weighted by Crippen LogP contribution is 2.19. The average Bonchev–Trinajstić information content (AvgIpc) is 3.11. The Morgan fingerprint density at radius 1 is 1.37 bits per heavy atom. The average molecular weight is 378 g/mol. The van der Waals surface area contributed by atoms with E-state index in [2.05, 4.69) is 20.4 Å². The van der Waals surface area contributed by atoms with Crippen LogP contribution >= 0.6 is 0 Å². The van der Waals surface area contributed by atoms with E-state index in [1.807, 2.05) is 13.8 Å². The molecule has 0 saturated carbocycles. The van der Waals surface area contributed by atoms with Gasteiger partial charge in [0.2, 0.25) is 11.8 Å². The number of nitrogens with one attached hydrogen (secondary N) is 1. The van der Waals surface area contributed by atoms with Gasteiger partial charge in [-0.2, -0.15) is 0 Å². The molecule has 1 aromatic heterocycles. The summed E-state index contributed by atoms with van der Waals surface area (Å²) in [6.45, 7) is 6.67. The molecular formula is C19H24F2N4O2. The fourth-order valence-corrected chi connectivity index (χ4v) is 3.23. The summed E-state index contributed by atoms with van der Waals surface area (Å²) in [6, 6.07) is 3.60. The molecule has 1 fully saturated rings. The van der Waals surface area contributed by atoms with E-state index >= 15 is 0 Å². The molecule has 0 bridgehead atoms. The van der Waals surface area contributed by atoms with Crippen molar-refractivity contribution in [3.05, 3.63) is 47.2 Å². The summed E-state index contributed by atoms with van der Waals surface area (Å²) in [4.78, 5) is 14.3. The first-order valence-electron chi connectivity index (χ1n) is 9.21. The number of nitrogens with zero attached hydrogens (tertiary/aromatic N) is 3. The maximum atomic E-state index is 13.7. The van der Waals surface area contributed by atoms with Crippen molar-refractivity contribution >= 4 is 5.91 Å². The molecule has 3 rings (SSSR count).